The molecule has 30 heavy (non-hydrogen) atoms. The fourth-order valence-corrected chi connectivity index (χ4v) is 4.66. The summed E-state index contributed by atoms with van der Waals surface area (Å²) in [5.74, 6) is -1.30. The Morgan fingerprint density at radius 3 is 2.30 bits per heavy atom. The van der Waals surface area contributed by atoms with E-state index < -0.39 is 28.5 Å². The summed E-state index contributed by atoms with van der Waals surface area (Å²) in [6, 6.07) is 7.90. The topological polar surface area (TPSA) is 103 Å². The minimum atomic E-state index is -4.06. The summed E-state index contributed by atoms with van der Waals surface area (Å²) in [5, 5.41) is 0. The average Bonchev–Trinajstić information content (AvgIpc) is 2.68. The average molecular weight is 546 g/mol. The van der Waals surface area contributed by atoms with Crippen molar-refractivity contribution < 1.29 is 27.5 Å². The molecule has 2 rings (SSSR count). The van der Waals surface area contributed by atoms with E-state index in [0.717, 1.165) is 9.87 Å². The molecule has 0 N–H and O–H groups in total. The van der Waals surface area contributed by atoms with Crippen LogP contribution in [0.3, 0.4) is 0 Å². The lowest BCUT2D eigenvalue weighted by atomic mass is 10.2. The summed E-state index contributed by atoms with van der Waals surface area (Å²) in [7, 11) is -4.06. The number of hydrogen-bond donors (Lipinski definition) is 0. The Morgan fingerprint density at radius 1 is 1.07 bits per heavy atom. The third-order valence-electron chi connectivity index (χ3n) is 4.05. The van der Waals surface area contributed by atoms with Gasteiger partial charge in [-0.1, -0.05) is 17.7 Å². The molecule has 0 fully saturated rings. The van der Waals surface area contributed by atoms with E-state index in [1.54, 1.807) is 32.0 Å². The van der Waals surface area contributed by atoms with Crippen molar-refractivity contribution in [1.82, 2.24) is 9.29 Å². The van der Waals surface area contributed by atoms with E-state index in [2.05, 4.69) is 4.98 Å². The van der Waals surface area contributed by atoms with E-state index in [1.165, 1.54) is 18.3 Å². The number of pyridine rings is 1. The van der Waals surface area contributed by atoms with Gasteiger partial charge in [-0.2, -0.15) is 4.31 Å². The molecule has 1 aromatic heterocycles. The van der Waals surface area contributed by atoms with Crippen LogP contribution in [0, 0.1) is 10.5 Å². The maximum Gasteiger partial charge on any atom is 0.341 e. The number of nitrogens with zero attached hydrogens (tertiary/aromatic N) is 2. The highest BCUT2D eigenvalue weighted by Gasteiger charge is 2.30. The van der Waals surface area contributed by atoms with E-state index >= 15 is 0 Å². The second kappa shape index (κ2) is 10.8. The number of ether oxygens (including phenoxy) is 2. The van der Waals surface area contributed by atoms with E-state index in [4.69, 9.17) is 9.47 Å². The Kier molecular flexibility index (Phi) is 8.74. The number of carbonyl (C=O) groups is 2. The molecule has 2 aromatic rings. The summed E-state index contributed by atoms with van der Waals surface area (Å²) in [5.41, 5.74) is 1.27. The van der Waals surface area contributed by atoms with Gasteiger partial charge in [-0.15, -0.1) is 0 Å². The molecule has 0 radical (unpaired) electrons. The van der Waals surface area contributed by atoms with Crippen molar-refractivity contribution in [1.29, 1.82) is 0 Å². The molecule has 0 aliphatic rings. The van der Waals surface area contributed by atoms with Gasteiger partial charge in [0.2, 0.25) is 10.0 Å². The van der Waals surface area contributed by atoms with Crippen LogP contribution in [0.4, 0.5) is 0 Å². The normalized spacial score (nSPS) is 11.4. The van der Waals surface area contributed by atoms with Crippen LogP contribution < -0.4 is 0 Å². The number of aromatic nitrogens is 1. The van der Waals surface area contributed by atoms with Gasteiger partial charge in [-0.3, -0.25) is 9.78 Å². The predicted octanol–water partition coefficient (Wildman–Crippen LogP) is 2.93. The summed E-state index contributed by atoms with van der Waals surface area (Å²) in [4.78, 5) is 28.8. The Bertz CT molecular complexity index is 1010. The number of aryl methyl sites for hydroxylation is 1. The molecule has 1 heterocycles. The zero-order valence-electron chi connectivity index (χ0n) is 16.9. The third-order valence-corrected chi connectivity index (χ3v) is 6.76. The van der Waals surface area contributed by atoms with Crippen LogP contribution in [0.2, 0.25) is 0 Å². The second-order valence-electron chi connectivity index (χ2n) is 6.23. The van der Waals surface area contributed by atoms with E-state index in [1.807, 2.05) is 29.5 Å². The first kappa shape index (κ1) is 24.2. The van der Waals surface area contributed by atoms with Crippen LogP contribution >= 0.6 is 22.6 Å². The van der Waals surface area contributed by atoms with Crippen LogP contribution in [-0.2, 0) is 30.8 Å². The largest absolute Gasteiger partial charge is 0.465 e. The minimum absolute atomic E-state index is 0.0284. The fraction of sp³-hybridized carbons (Fsp3) is 0.350. The van der Waals surface area contributed by atoms with Gasteiger partial charge >= 0.3 is 11.9 Å². The van der Waals surface area contributed by atoms with Crippen molar-refractivity contribution in [3.05, 3.63) is 56.9 Å². The van der Waals surface area contributed by atoms with Gasteiger partial charge in [0, 0.05) is 9.77 Å². The highest BCUT2D eigenvalue weighted by molar-refractivity contribution is 14.1. The summed E-state index contributed by atoms with van der Waals surface area (Å²) in [6.07, 6.45) is 1.47. The van der Waals surface area contributed by atoms with Gasteiger partial charge in [0.05, 0.1) is 35.9 Å². The SMILES string of the molecule is CCOC(=O)CN(Cc1nccc(I)c1C(=O)OCC)S(=O)(=O)c1ccc(C)cc1. The first-order chi connectivity index (χ1) is 14.2. The second-order valence-corrected chi connectivity index (χ2v) is 9.33. The molecule has 8 nitrogen and oxygen atoms in total. The van der Waals surface area contributed by atoms with E-state index in [-0.39, 0.29) is 35.9 Å². The van der Waals surface area contributed by atoms with Gasteiger partial charge in [0.15, 0.2) is 0 Å². The molecule has 10 heteroatoms. The Balaban J connectivity index is 2.49. The zero-order chi connectivity index (χ0) is 22.3. The molecular formula is C20H23IN2O6S. The standard InChI is InChI=1S/C20H23IN2O6S/c1-4-28-18(24)13-23(30(26,27)15-8-6-14(3)7-9-15)12-17-19(20(25)29-5-2)16(21)10-11-22-17/h6-11H,4-5,12-13H2,1-3H3. The van der Waals surface area contributed by atoms with Crippen LogP contribution in [0.25, 0.3) is 0 Å². The Hall–Kier alpha value is -2.05. The minimum Gasteiger partial charge on any atom is -0.465 e. The number of benzene rings is 1. The maximum absolute atomic E-state index is 13.3. The smallest absolute Gasteiger partial charge is 0.341 e. The lowest BCUT2D eigenvalue weighted by Crippen LogP contribution is -2.37. The Morgan fingerprint density at radius 2 is 1.70 bits per heavy atom. The molecule has 1 aromatic carbocycles. The van der Waals surface area contributed by atoms with Gasteiger partial charge in [0.1, 0.15) is 6.54 Å². The molecule has 0 saturated carbocycles. The van der Waals surface area contributed by atoms with Crippen LogP contribution in [-0.4, -0.2) is 49.4 Å². The Labute approximate surface area is 189 Å². The predicted molar refractivity (Wildman–Crippen MR) is 118 cm³/mol. The molecule has 0 spiro atoms. The number of esters is 2. The van der Waals surface area contributed by atoms with Crippen LogP contribution in [0.15, 0.2) is 41.4 Å². The molecule has 0 unspecified atom stereocenters. The van der Waals surface area contributed by atoms with Gasteiger partial charge in [-0.05, 0) is 61.6 Å². The number of carbonyl (C=O) groups excluding carboxylic acids is 2. The van der Waals surface area contributed by atoms with Crippen molar-refractivity contribution >= 4 is 44.6 Å². The van der Waals surface area contributed by atoms with Crippen molar-refractivity contribution in [3.63, 3.8) is 0 Å². The third kappa shape index (κ3) is 5.99. The lowest BCUT2D eigenvalue weighted by molar-refractivity contribution is -0.143. The van der Waals surface area contributed by atoms with E-state index in [9.17, 15) is 18.0 Å². The molecule has 0 aliphatic carbocycles. The number of sulfonamides is 1. The molecular weight excluding hydrogens is 523 g/mol. The fourth-order valence-electron chi connectivity index (χ4n) is 2.62. The number of hydrogen-bond acceptors (Lipinski definition) is 7. The highest BCUT2D eigenvalue weighted by Crippen LogP contribution is 2.22. The van der Waals surface area contributed by atoms with Crippen molar-refractivity contribution in [2.24, 2.45) is 0 Å². The summed E-state index contributed by atoms with van der Waals surface area (Å²) >= 11 is 1.96. The molecule has 0 saturated heterocycles. The summed E-state index contributed by atoms with van der Waals surface area (Å²) < 4.78 is 38.1. The first-order valence-corrected chi connectivity index (χ1v) is 11.8. The summed E-state index contributed by atoms with van der Waals surface area (Å²) in [6.45, 7) is 4.63. The van der Waals surface area contributed by atoms with Crippen molar-refractivity contribution in [2.45, 2.75) is 32.2 Å². The molecule has 162 valence electrons. The van der Waals surface area contributed by atoms with Gasteiger partial charge in [-0.25, -0.2) is 13.2 Å². The maximum atomic E-state index is 13.3. The van der Waals surface area contributed by atoms with Crippen LogP contribution in [0.5, 0.6) is 0 Å². The highest BCUT2D eigenvalue weighted by atomic mass is 127. The van der Waals surface area contributed by atoms with Gasteiger partial charge in [0.25, 0.3) is 0 Å². The monoisotopic (exact) mass is 546 g/mol. The number of halogens is 1. The van der Waals surface area contributed by atoms with Gasteiger partial charge < -0.3 is 9.47 Å². The van der Waals surface area contributed by atoms with E-state index in [0.29, 0.717) is 3.57 Å². The lowest BCUT2D eigenvalue weighted by Gasteiger charge is -2.22. The van der Waals surface area contributed by atoms with Crippen LogP contribution in [0.1, 0.15) is 35.5 Å². The zero-order valence-corrected chi connectivity index (χ0v) is 19.9. The molecule has 0 aliphatic heterocycles. The molecule has 0 amide bonds. The quantitative estimate of drug-likeness (QED) is 0.352. The number of rotatable bonds is 9. The molecule has 0 atom stereocenters. The molecule has 0 bridgehead atoms. The van der Waals surface area contributed by atoms with Crippen molar-refractivity contribution in [2.75, 3.05) is 19.8 Å². The van der Waals surface area contributed by atoms with Crippen molar-refractivity contribution in [3.8, 4) is 0 Å². The first-order valence-electron chi connectivity index (χ1n) is 9.23.